The smallest absolute Gasteiger partial charge is 0.416 e. The van der Waals surface area contributed by atoms with Gasteiger partial charge < -0.3 is 5.11 Å². The molecule has 2 rings (SSSR count). The molecule has 1 heterocycles. The van der Waals surface area contributed by atoms with Crippen molar-refractivity contribution in [3.8, 4) is 0 Å². The van der Waals surface area contributed by atoms with Crippen LogP contribution in [0.2, 0.25) is 0 Å². The molecule has 1 atom stereocenters. The van der Waals surface area contributed by atoms with Gasteiger partial charge in [-0.25, -0.2) is 0 Å². The summed E-state index contributed by atoms with van der Waals surface area (Å²) in [6, 6.07) is 6.82. The van der Waals surface area contributed by atoms with Crippen LogP contribution in [0.25, 0.3) is 0 Å². The molecule has 2 aromatic rings. The summed E-state index contributed by atoms with van der Waals surface area (Å²) in [5.74, 6) is -1.22. The lowest BCUT2D eigenvalue weighted by Crippen LogP contribution is -2.28. The molecule has 0 saturated heterocycles. The van der Waals surface area contributed by atoms with Gasteiger partial charge in [0.1, 0.15) is 6.04 Å². The van der Waals surface area contributed by atoms with Gasteiger partial charge in [0.2, 0.25) is 0 Å². The molecule has 0 aliphatic heterocycles. The summed E-state index contributed by atoms with van der Waals surface area (Å²) in [6.45, 7) is 0.283. The predicted molar refractivity (Wildman–Crippen MR) is 73.0 cm³/mol. The fourth-order valence-corrected chi connectivity index (χ4v) is 2.51. The van der Waals surface area contributed by atoms with Gasteiger partial charge in [-0.05, 0) is 29.1 Å². The van der Waals surface area contributed by atoms with Crippen molar-refractivity contribution in [1.29, 1.82) is 0 Å². The molecule has 0 saturated carbocycles. The van der Waals surface area contributed by atoms with E-state index in [0.29, 0.717) is 0 Å². The summed E-state index contributed by atoms with van der Waals surface area (Å²) in [6.07, 6.45) is -4.49. The molecule has 3 nitrogen and oxygen atoms in total. The van der Waals surface area contributed by atoms with Crippen LogP contribution in [0.3, 0.4) is 0 Å². The molecule has 112 valence electrons. The second kappa shape index (κ2) is 6.28. The number of rotatable bonds is 5. The van der Waals surface area contributed by atoms with E-state index in [1.165, 1.54) is 23.5 Å². The average molecular weight is 315 g/mol. The molecule has 0 fully saturated rings. The molecule has 0 bridgehead atoms. The van der Waals surface area contributed by atoms with E-state index < -0.39 is 23.8 Å². The van der Waals surface area contributed by atoms with Crippen molar-refractivity contribution in [1.82, 2.24) is 5.32 Å². The third-order valence-corrected chi connectivity index (χ3v) is 3.73. The first-order valence-electron chi connectivity index (χ1n) is 6.03. The van der Waals surface area contributed by atoms with Gasteiger partial charge in [0.15, 0.2) is 0 Å². The Bertz CT molecular complexity index is 611. The van der Waals surface area contributed by atoms with Gasteiger partial charge in [0.05, 0.1) is 5.56 Å². The van der Waals surface area contributed by atoms with Crippen LogP contribution in [-0.2, 0) is 17.5 Å². The van der Waals surface area contributed by atoms with Crippen molar-refractivity contribution in [2.24, 2.45) is 0 Å². The summed E-state index contributed by atoms with van der Waals surface area (Å²) in [7, 11) is 0. The van der Waals surface area contributed by atoms with Crippen molar-refractivity contribution in [3.05, 3.63) is 57.8 Å². The average Bonchev–Trinajstić information content (AvgIpc) is 2.91. The minimum atomic E-state index is -4.49. The maximum Gasteiger partial charge on any atom is 0.416 e. The first-order valence-corrected chi connectivity index (χ1v) is 6.91. The number of thiophene rings is 1. The first-order chi connectivity index (χ1) is 9.88. The predicted octanol–water partition coefficient (Wildman–Crippen LogP) is 3.68. The third-order valence-electron chi connectivity index (χ3n) is 2.85. The Hall–Kier alpha value is -1.86. The Morgan fingerprint density at radius 2 is 2.05 bits per heavy atom. The molecule has 7 heteroatoms. The number of aliphatic carboxylic acids is 1. The molecule has 21 heavy (non-hydrogen) atoms. The molecule has 0 spiro atoms. The Balaban J connectivity index is 2.20. The van der Waals surface area contributed by atoms with Crippen molar-refractivity contribution in [2.45, 2.75) is 18.8 Å². The van der Waals surface area contributed by atoms with Crippen molar-refractivity contribution < 1.29 is 23.1 Å². The summed E-state index contributed by atoms with van der Waals surface area (Å²) < 4.78 is 38.0. The Labute approximate surface area is 123 Å². The highest BCUT2D eigenvalue weighted by Crippen LogP contribution is 2.31. The Morgan fingerprint density at radius 1 is 1.29 bits per heavy atom. The van der Waals surface area contributed by atoms with Crippen LogP contribution in [-0.4, -0.2) is 11.1 Å². The van der Waals surface area contributed by atoms with Crippen molar-refractivity contribution >= 4 is 17.3 Å². The second-order valence-corrected chi connectivity index (χ2v) is 5.39. The molecule has 2 N–H and O–H groups in total. The molecule has 0 radical (unpaired) electrons. The van der Waals surface area contributed by atoms with Gasteiger partial charge in [0.25, 0.3) is 0 Å². The number of hydrogen-bond donors (Lipinski definition) is 2. The number of carboxylic acids is 1. The SMILES string of the molecule is O=C(O)C(NCc1cccs1)c1cccc(C(F)(F)F)c1. The fraction of sp³-hybridized carbons (Fsp3) is 0.214. The first kappa shape index (κ1) is 15.5. The zero-order valence-corrected chi connectivity index (χ0v) is 11.5. The van der Waals surface area contributed by atoms with Gasteiger partial charge in [-0.3, -0.25) is 10.1 Å². The highest BCUT2D eigenvalue weighted by Gasteiger charge is 2.31. The van der Waals surface area contributed by atoms with Crippen LogP contribution in [0, 0.1) is 0 Å². The maximum atomic E-state index is 12.7. The van der Waals surface area contributed by atoms with E-state index in [1.54, 1.807) is 0 Å². The van der Waals surface area contributed by atoms with E-state index in [4.69, 9.17) is 0 Å². The monoisotopic (exact) mass is 315 g/mol. The van der Waals surface area contributed by atoms with E-state index >= 15 is 0 Å². The summed E-state index contributed by atoms with van der Waals surface area (Å²) in [4.78, 5) is 12.2. The summed E-state index contributed by atoms with van der Waals surface area (Å²) in [5, 5.41) is 13.8. The van der Waals surface area contributed by atoms with Crippen LogP contribution in [0.1, 0.15) is 22.0 Å². The molecule has 1 aromatic carbocycles. The fourth-order valence-electron chi connectivity index (χ4n) is 1.86. The zero-order valence-electron chi connectivity index (χ0n) is 10.7. The zero-order chi connectivity index (χ0) is 15.5. The molecule has 0 aliphatic rings. The molecular weight excluding hydrogens is 303 g/mol. The topological polar surface area (TPSA) is 49.3 Å². The van der Waals surface area contributed by atoms with Crippen LogP contribution < -0.4 is 5.32 Å². The molecule has 1 aromatic heterocycles. The van der Waals surface area contributed by atoms with Gasteiger partial charge >= 0.3 is 12.1 Å². The number of nitrogens with one attached hydrogen (secondary N) is 1. The number of alkyl halides is 3. The molecular formula is C14H12F3NO2S. The minimum absolute atomic E-state index is 0.0777. The number of benzene rings is 1. The third kappa shape index (κ3) is 4.05. The van der Waals surface area contributed by atoms with Gasteiger partial charge in [0, 0.05) is 11.4 Å². The lowest BCUT2D eigenvalue weighted by Gasteiger charge is -2.16. The van der Waals surface area contributed by atoms with Gasteiger partial charge in [-0.2, -0.15) is 13.2 Å². The number of carbonyl (C=O) groups is 1. The standard InChI is InChI=1S/C14H12F3NO2S/c15-14(16,17)10-4-1-3-9(7-10)12(13(19)20)18-8-11-5-2-6-21-11/h1-7,12,18H,8H2,(H,19,20). The largest absolute Gasteiger partial charge is 0.480 e. The van der Waals surface area contributed by atoms with E-state index in [9.17, 15) is 23.1 Å². The molecule has 1 unspecified atom stereocenters. The highest BCUT2D eigenvalue weighted by atomic mass is 32.1. The normalized spacial score (nSPS) is 13.1. The van der Waals surface area contributed by atoms with E-state index in [1.807, 2.05) is 17.5 Å². The molecule has 0 aliphatic carbocycles. The van der Waals surface area contributed by atoms with Crippen LogP contribution in [0.15, 0.2) is 41.8 Å². The quantitative estimate of drug-likeness (QED) is 0.885. The van der Waals surface area contributed by atoms with Gasteiger partial charge in [-0.1, -0.05) is 18.2 Å². The highest BCUT2D eigenvalue weighted by molar-refractivity contribution is 7.09. The van der Waals surface area contributed by atoms with Crippen LogP contribution in [0.4, 0.5) is 13.2 Å². The summed E-state index contributed by atoms with van der Waals surface area (Å²) in [5.41, 5.74) is -0.780. The second-order valence-electron chi connectivity index (χ2n) is 4.35. The Kier molecular flexibility index (Phi) is 4.64. The van der Waals surface area contributed by atoms with Crippen LogP contribution >= 0.6 is 11.3 Å². The molecule has 0 amide bonds. The summed E-state index contributed by atoms with van der Waals surface area (Å²) >= 11 is 1.44. The van der Waals surface area contributed by atoms with Gasteiger partial charge in [-0.15, -0.1) is 11.3 Å². The minimum Gasteiger partial charge on any atom is -0.480 e. The van der Waals surface area contributed by atoms with E-state index in [0.717, 1.165) is 17.0 Å². The van der Waals surface area contributed by atoms with E-state index in [-0.39, 0.29) is 12.1 Å². The maximum absolute atomic E-state index is 12.7. The number of halogens is 3. The number of hydrogen-bond acceptors (Lipinski definition) is 3. The Morgan fingerprint density at radius 3 is 2.62 bits per heavy atom. The van der Waals surface area contributed by atoms with Crippen molar-refractivity contribution in [2.75, 3.05) is 0 Å². The lowest BCUT2D eigenvalue weighted by atomic mass is 10.0. The van der Waals surface area contributed by atoms with Crippen molar-refractivity contribution in [3.63, 3.8) is 0 Å². The van der Waals surface area contributed by atoms with Crippen LogP contribution in [0.5, 0.6) is 0 Å². The number of carboxylic acid groups (broad SMARTS) is 1. The lowest BCUT2D eigenvalue weighted by molar-refractivity contribution is -0.140. The van der Waals surface area contributed by atoms with E-state index in [2.05, 4.69) is 5.32 Å².